The highest BCUT2D eigenvalue weighted by molar-refractivity contribution is 5.68. The molecule has 3 nitrogen and oxygen atoms in total. The number of rotatable bonds is 9. The van der Waals surface area contributed by atoms with Gasteiger partial charge < -0.3 is 9.84 Å². The molecule has 0 radical (unpaired) electrons. The van der Waals surface area contributed by atoms with Crippen LogP contribution >= 0.6 is 0 Å². The molecule has 1 rings (SSSR count). The van der Waals surface area contributed by atoms with Crippen molar-refractivity contribution in [3.63, 3.8) is 0 Å². The summed E-state index contributed by atoms with van der Waals surface area (Å²) in [6.45, 7) is 0. The van der Waals surface area contributed by atoms with Gasteiger partial charge in [-0.2, -0.15) is 0 Å². The summed E-state index contributed by atoms with van der Waals surface area (Å²) in [7, 11) is 1.44. The lowest BCUT2D eigenvalue weighted by molar-refractivity contribution is -0.140. The molecule has 0 unspecified atom stereocenters. The van der Waals surface area contributed by atoms with Gasteiger partial charge in [0, 0.05) is 6.42 Å². The van der Waals surface area contributed by atoms with Gasteiger partial charge in [-0.3, -0.25) is 4.79 Å². The Morgan fingerprint density at radius 1 is 1.00 bits per heavy atom. The highest BCUT2D eigenvalue weighted by Gasteiger charge is 1.99. The summed E-state index contributed by atoms with van der Waals surface area (Å²) < 4.78 is 4.60. The first-order chi connectivity index (χ1) is 9.22. The number of esters is 1. The van der Waals surface area contributed by atoms with Gasteiger partial charge in [0.1, 0.15) is 5.75 Å². The zero-order chi connectivity index (χ0) is 13.9. The van der Waals surface area contributed by atoms with E-state index < -0.39 is 0 Å². The largest absolute Gasteiger partial charge is 0.508 e. The number of carbonyl (C=O) groups is 1. The normalized spacial score (nSPS) is 10.4. The zero-order valence-electron chi connectivity index (χ0n) is 11.7. The highest BCUT2D eigenvalue weighted by Crippen LogP contribution is 2.13. The molecule has 0 bridgehead atoms. The van der Waals surface area contributed by atoms with Gasteiger partial charge in [-0.05, 0) is 37.0 Å². The number of phenolic OH excluding ortho intramolecular Hbond substituents is 1. The molecule has 0 fully saturated rings. The second kappa shape index (κ2) is 9.42. The van der Waals surface area contributed by atoms with E-state index >= 15 is 0 Å². The maximum Gasteiger partial charge on any atom is 0.305 e. The van der Waals surface area contributed by atoms with Gasteiger partial charge >= 0.3 is 5.97 Å². The lowest BCUT2D eigenvalue weighted by atomic mass is 10.0. The lowest BCUT2D eigenvalue weighted by Crippen LogP contribution is -1.99. The number of methoxy groups -OCH3 is 1. The maximum atomic E-state index is 10.9. The van der Waals surface area contributed by atoms with Crippen LogP contribution in [0.1, 0.15) is 50.5 Å². The molecule has 0 saturated carbocycles. The molecule has 0 atom stereocenters. The molecule has 0 aromatic heterocycles. The van der Waals surface area contributed by atoms with Crippen molar-refractivity contribution in [1.82, 2.24) is 0 Å². The number of carbonyl (C=O) groups excluding carboxylic acids is 1. The molecule has 0 heterocycles. The quantitative estimate of drug-likeness (QED) is 0.544. The lowest BCUT2D eigenvalue weighted by Gasteiger charge is -2.03. The van der Waals surface area contributed by atoms with Crippen LogP contribution in [-0.2, 0) is 16.0 Å². The minimum absolute atomic E-state index is 0.104. The van der Waals surface area contributed by atoms with Crippen molar-refractivity contribution >= 4 is 5.97 Å². The van der Waals surface area contributed by atoms with Gasteiger partial charge in [-0.25, -0.2) is 0 Å². The van der Waals surface area contributed by atoms with Gasteiger partial charge in [0.25, 0.3) is 0 Å². The SMILES string of the molecule is COC(=O)CCCCCCCCc1ccc(O)cc1. The average Bonchev–Trinajstić information content (AvgIpc) is 2.43. The molecule has 3 heteroatoms. The standard InChI is InChI=1S/C16H24O3/c1-19-16(18)9-7-5-3-2-4-6-8-14-10-12-15(17)13-11-14/h10-13,17H,2-9H2,1H3. The number of hydrogen-bond acceptors (Lipinski definition) is 3. The van der Waals surface area contributed by atoms with Crippen LogP contribution in [0.25, 0.3) is 0 Å². The Kier molecular flexibility index (Phi) is 7.71. The summed E-state index contributed by atoms with van der Waals surface area (Å²) in [5.41, 5.74) is 1.28. The summed E-state index contributed by atoms with van der Waals surface area (Å²) in [5, 5.41) is 9.17. The third kappa shape index (κ3) is 7.50. The minimum Gasteiger partial charge on any atom is -0.508 e. The summed E-state index contributed by atoms with van der Waals surface area (Å²) in [4.78, 5) is 10.9. The second-order valence-corrected chi connectivity index (χ2v) is 4.86. The van der Waals surface area contributed by atoms with E-state index in [-0.39, 0.29) is 5.97 Å². The Balaban J connectivity index is 1.94. The van der Waals surface area contributed by atoms with E-state index in [1.165, 1.54) is 38.4 Å². The fourth-order valence-electron chi connectivity index (χ4n) is 2.07. The number of aromatic hydroxyl groups is 1. The van der Waals surface area contributed by atoms with Crippen LogP contribution in [0.4, 0.5) is 0 Å². The van der Waals surface area contributed by atoms with Crippen molar-refractivity contribution < 1.29 is 14.6 Å². The molecule has 1 N–H and O–H groups in total. The maximum absolute atomic E-state index is 10.9. The number of phenols is 1. The van der Waals surface area contributed by atoms with Gasteiger partial charge in [0.2, 0.25) is 0 Å². The van der Waals surface area contributed by atoms with Crippen LogP contribution in [0.3, 0.4) is 0 Å². The van der Waals surface area contributed by atoms with Gasteiger partial charge in [0.05, 0.1) is 7.11 Å². The molecule has 0 aliphatic carbocycles. The Morgan fingerprint density at radius 2 is 1.58 bits per heavy atom. The van der Waals surface area contributed by atoms with Crippen LogP contribution in [0.5, 0.6) is 5.75 Å². The van der Waals surface area contributed by atoms with E-state index in [0.29, 0.717) is 12.2 Å². The Morgan fingerprint density at radius 3 is 2.21 bits per heavy atom. The molecule has 0 amide bonds. The first-order valence-electron chi connectivity index (χ1n) is 7.07. The fourth-order valence-corrected chi connectivity index (χ4v) is 2.07. The van der Waals surface area contributed by atoms with Gasteiger partial charge in [-0.1, -0.05) is 37.8 Å². The number of hydrogen-bond donors (Lipinski definition) is 1. The first kappa shape index (κ1) is 15.5. The minimum atomic E-state index is -0.104. The summed E-state index contributed by atoms with van der Waals surface area (Å²) in [5.74, 6) is 0.224. The van der Waals surface area contributed by atoms with E-state index in [0.717, 1.165) is 19.3 Å². The molecule has 0 aliphatic rings. The summed E-state index contributed by atoms with van der Waals surface area (Å²) >= 11 is 0. The van der Waals surface area contributed by atoms with Crippen LogP contribution in [0, 0.1) is 0 Å². The number of unbranched alkanes of at least 4 members (excludes halogenated alkanes) is 5. The second-order valence-electron chi connectivity index (χ2n) is 4.86. The van der Waals surface area contributed by atoms with Crippen molar-refractivity contribution in [2.24, 2.45) is 0 Å². The Hall–Kier alpha value is -1.51. The van der Waals surface area contributed by atoms with Crippen molar-refractivity contribution in [3.05, 3.63) is 29.8 Å². The Labute approximate surface area is 115 Å². The third-order valence-electron chi connectivity index (χ3n) is 3.26. The summed E-state index contributed by atoms with van der Waals surface area (Å²) in [6.07, 6.45) is 8.47. The van der Waals surface area contributed by atoms with Gasteiger partial charge in [-0.15, -0.1) is 0 Å². The molecular formula is C16H24O3. The van der Waals surface area contributed by atoms with Gasteiger partial charge in [0.15, 0.2) is 0 Å². The number of aryl methyl sites for hydroxylation is 1. The van der Waals surface area contributed by atoms with Crippen molar-refractivity contribution in [3.8, 4) is 5.75 Å². The van der Waals surface area contributed by atoms with Crippen molar-refractivity contribution in [2.45, 2.75) is 51.4 Å². The predicted octanol–water partition coefficient (Wildman–Crippen LogP) is 3.84. The smallest absolute Gasteiger partial charge is 0.305 e. The number of ether oxygens (including phenoxy) is 1. The zero-order valence-corrected chi connectivity index (χ0v) is 11.7. The molecule has 19 heavy (non-hydrogen) atoms. The van der Waals surface area contributed by atoms with E-state index in [9.17, 15) is 9.90 Å². The highest BCUT2D eigenvalue weighted by atomic mass is 16.5. The van der Waals surface area contributed by atoms with Crippen LogP contribution in [0.2, 0.25) is 0 Å². The van der Waals surface area contributed by atoms with Crippen molar-refractivity contribution in [1.29, 1.82) is 0 Å². The monoisotopic (exact) mass is 264 g/mol. The van der Waals surface area contributed by atoms with Crippen LogP contribution in [0.15, 0.2) is 24.3 Å². The molecule has 0 aliphatic heterocycles. The molecule has 1 aromatic rings. The van der Waals surface area contributed by atoms with E-state index in [1.54, 1.807) is 12.1 Å². The topological polar surface area (TPSA) is 46.5 Å². The molecule has 106 valence electrons. The molecular weight excluding hydrogens is 240 g/mol. The van der Waals surface area contributed by atoms with Crippen molar-refractivity contribution in [2.75, 3.05) is 7.11 Å². The predicted molar refractivity (Wildman–Crippen MR) is 76.1 cm³/mol. The van der Waals surface area contributed by atoms with E-state index in [2.05, 4.69) is 4.74 Å². The van der Waals surface area contributed by atoms with Crippen LogP contribution < -0.4 is 0 Å². The third-order valence-corrected chi connectivity index (χ3v) is 3.26. The van der Waals surface area contributed by atoms with E-state index in [1.807, 2.05) is 12.1 Å². The molecule has 0 spiro atoms. The summed E-state index contributed by atoms with van der Waals surface area (Å²) in [6, 6.07) is 7.43. The fraction of sp³-hybridized carbons (Fsp3) is 0.562. The number of benzene rings is 1. The molecule has 1 aromatic carbocycles. The Bertz CT molecular complexity index is 357. The molecule has 0 saturated heterocycles. The van der Waals surface area contributed by atoms with Crippen LogP contribution in [-0.4, -0.2) is 18.2 Å². The average molecular weight is 264 g/mol. The first-order valence-corrected chi connectivity index (χ1v) is 7.07. The van der Waals surface area contributed by atoms with E-state index in [4.69, 9.17) is 0 Å².